The van der Waals surface area contributed by atoms with E-state index in [-0.39, 0.29) is 0 Å². The highest BCUT2D eigenvalue weighted by atomic mass is 79.9. The fourth-order valence-electron chi connectivity index (χ4n) is 2.08. The summed E-state index contributed by atoms with van der Waals surface area (Å²) in [5.41, 5.74) is 7.77. The minimum Gasteiger partial charge on any atom is -0.490 e. The van der Waals surface area contributed by atoms with E-state index in [4.69, 9.17) is 15.2 Å². The van der Waals surface area contributed by atoms with Crippen LogP contribution in [-0.2, 0) is 10.5 Å². The molecule has 0 unspecified atom stereocenters. The predicted octanol–water partition coefficient (Wildman–Crippen LogP) is 4.36. The van der Waals surface area contributed by atoms with E-state index < -0.39 is 5.97 Å². The minimum absolute atomic E-state index is 0.336. The van der Waals surface area contributed by atoms with E-state index in [0.29, 0.717) is 27.7 Å². The molecule has 2 N–H and O–H groups in total. The third-order valence-corrected chi connectivity index (χ3v) is 4.61. The summed E-state index contributed by atoms with van der Waals surface area (Å²) >= 11 is 4.80. The van der Waals surface area contributed by atoms with Crippen molar-refractivity contribution in [2.45, 2.75) is 19.6 Å². The largest absolute Gasteiger partial charge is 0.490 e. The number of halogens is 1. The van der Waals surface area contributed by atoms with Gasteiger partial charge < -0.3 is 15.2 Å². The molecule has 0 saturated heterocycles. The van der Waals surface area contributed by atoms with Crippen molar-refractivity contribution in [3.63, 3.8) is 0 Å². The molecule has 0 aromatic heterocycles. The molecule has 2 aromatic rings. The summed E-state index contributed by atoms with van der Waals surface area (Å²) in [7, 11) is 0. The van der Waals surface area contributed by atoms with Crippen LogP contribution in [-0.4, -0.2) is 24.0 Å². The molecule has 0 saturated carbocycles. The molecule has 0 radical (unpaired) electrons. The molecule has 0 bridgehead atoms. The number of nitrogens with two attached hydrogens (primary N) is 1. The molecule has 0 amide bonds. The SMILES string of the molecule is CCOc1cc(C=NN=C(N)SCc2ccccc2)cc(Br)c1OC(C)=O. The highest BCUT2D eigenvalue weighted by molar-refractivity contribution is 9.10. The van der Waals surface area contributed by atoms with Crippen molar-refractivity contribution >= 4 is 45.0 Å². The summed E-state index contributed by atoms with van der Waals surface area (Å²) in [6, 6.07) is 13.5. The number of rotatable bonds is 7. The molecule has 27 heavy (non-hydrogen) atoms. The fourth-order valence-corrected chi connectivity index (χ4v) is 3.23. The molecule has 2 aromatic carbocycles. The third-order valence-electron chi connectivity index (χ3n) is 3.17. The lowest BCUT2D eigenvalue weighted by atomic mass is 10.2. The quantitative estimate of drug-likeness (QED) is 0.223. The number of carbonyl (C=O) groups is 1. The van der Waals surface area contributed by atoms with Crippen LogP contribution in [0, 0.1) is 0 Å². The van der Waals surface area contributed by atoms with Gasteiger partial charge in [-0.1, -0.05) is 42.1 Å². The molecule has 0 fully saturated rings. The van der Waals surface area contributed by atoms with Crippen molar-refractivity contribution < 1.29 is 14.3 Å². The molecule has 8 heteroatoms. The Morgan fingerprint density at radius 2 is 2.04 bits per heavy atom. The Morgan fingerprint density at radius 1 is 1.30 bits per heavy atom. The molecule has 0 aliphatic carbocycles. The number of benzene rings is 2. The lowest BCUT2D eigenvalue weighted by molar-refractivity contribution is -0.132. The molecule has 0 aliphatic rings. The zero-order valence-electron chi connectivity index (χ0n) is 15.0. The molecular formula is C19H20BrN3O3S. The molecule has 0 spiro atoms. The summed E-state index contributed by atoms with van der Waals surface area (Å²) < 4.78 is 11.3. The number of carbonyl (C=O) groups excluding carboxylic acids is 1. The average Bonchev–Trinajstić information content (AvgIpc) is 2.64. The van der Waals surface area contributed by atoms with Crippen molar-refractivity contribution in [2.24, 2.45) is 15.9 Å². The van der Waals surface area contributed by atoms with Gasteiger partial charge in [0.05, 0.1) is 17.3 Å². The second-order valence-corrected chi connectivity index (χ2v) is 7.16. The van der Waals surface area contributed by atoms with Crippen LogP contribution in [0.25, 0.3) is 0 Å². The van der Waals surface area contributed by atoms with Crippen LogP contribution in [0.1, 0.15) is 25.0 Å². The van der Waals surface area contributed by atoms with Gasteiger partial charge >= 0.3 is 5.97 Å². The number of nitrogens with zero attached hydrogens (tertiary/aromatic N) is 2. The number of hydrogen-bond donors (Lipinski definition) is 1. The Bertz CT molecular complexity index is 842. The maximum absolute atomic E-state index is 11.3. The van der Waals surface area contributed by atoms with Gasteiger partial charge in [0.2, 0.25) is 0 Å². The van der Waals surface area contributed by atoms with Gasteiger partial charge in [-0.3, -0.25) is 4.79 Å². The van der Waals surface area contributed by atoms with Crippen molar-refractivity contribution in [3.8, 4) is 11.5 Å². The molecule has 6 nitrogen and oxygen atoms in total. The van der Waals surface area contributed by atoms with E-state index in [2.05, 4.69) is 26.1 Å². The zero-order valence-corrected chi connectivity index (χ0v) is 17.4. The van der Waals surface area contributed by atoms with Gasteiger partial charge in [-0.05, 0) is 46.1 Å². The Balaban J connectivity index is 2.07. The summed E-state index contributed by atoms with van der Waals surface area (Å²) in [5, 5.41) is 8.39. The molecule has 142 valence electrons. The molecule has 0 heterocycles. The van der Waals surface area contributed by atoms with Gasteiger partial charge in [0.25, 0.3) is 0 Å². The van der Waals surface area contributed by atoms with Gasteiger partial charge in [0, 0.05) is 12.7 Å². The van der Waals surface area contributed by atoms with Crippen LogP contribution < -0.4 is 15.2 Å². The molecule has 0 aliphatic heterocycles. The van der Waals surface area contributed by atoms with Gasteiger partial charge in [-0.25, -0.2) is 0 Å². The lowest BCUT2D eigenvalue weighted by Crippen LogP contribution is -2.06. The number of hydrogen-bond acceptors (Lipinski definition) is 6. The number of thioether (sulfide) groups is 1. The van der Waals surface area contributed by atoms with Crippen LogP contribution in [0.15, 0.2) is 57.1 Å². The van der Waals surface area contributed by atoms with E-state index >= 15 is 0 Å². The van der Waals surface area contributed by atoms with E-state index in [9.17, 15) is 4.79 Å². The van der Waals surface area contributed by atoms with Crippen LogP contribution in [0.3, 0.4) is 0 Å². The monoisotopic (exact) mass is 449 g/mol. The third kappa shape index (κ3) is 7.07. The van der Waals surface area contributed by atoms with E-state index in [0.717, 1.165) is 16.9 Å². The topological polar surface area (TPSA) is 86.3 Å². The molecular weight excluding hydrogens is 430 g/mol. The summed E-state index contributed by atoms with van der Waals surface area (Å²) in [4.78, 5) is 11.3. The first-order chi connectivity index (χ1) is 13.0. The smallest absolute Gasteiger partial charge is 0.308 e. The predicted molar refractivity (Wildman–Crippen MR) is 114 cm³/mol. The number of esters is 1. The van der Waals surface area contributed by atoms with Crippen molar-refractivity contribution in [2.75, 3.05) is 6.61 Å². The Hall–Kier alpha value is -2.32. The van der Waals surface area contributed by atoms with E-state index in [1.807, 2.05) is 37.3 Å². The maximum Gasteiger partial charge on any atom is 0.308 e. The van der Waals surface area contributed by atoms with Crippen molar-refractivity contribution in [3.05, 3.63) is 58.1 Å². The maximum atomic E-state index is 11.3. The fraction of sp³-hybridized carbons (Fsp3) is 0.211. The standard InChI is InChI=1S/C19H20BrN3O3S/c1-3-25-17-10-15(9-16(20)18(17)26-13(2)24)11-22-23-19(21)27-12-14-7-5-4-6-8-14/h4-11H,3,12H2,1-2H3,(H2,21,23). The van der Waals surface area contributed by atoms with E-state index in [1.165, 1.54) is 18.7 Å². The number of ether oxygens (including phenoxy) is 2. The highest BCUT2D eigenvalue weighted by Crippen LogP contribution is 2.36. The second kappa shape index (κ2) is 10.7. The van der Waals surface area contributed by atoms with Gasteiger partial charge in [-0.15, -0.1) is 5.10 Å². The summed E-state index contributed by atoms with van der Waals surface area (Å²) in [6.07, 6.45) is 1.56. The molecule has 0 atom stereocenters. The van der Waals surface area contributed by atoms with Crippen LogP contribution in [0.5, 0.6) is 11.5 Å². The molecule has 2 rings (SSSR count). The summed E-state index contributed by atoms with van der Waals surface area (Å²) in [6.45, 7) is 3.62. The highest BCUT2D eigenvalue weighted by Gasteiger charge is 2.13. The van der Waals surface area contributed by atoms with Gasteiger partial charge in [0.15, 0.2) is 16.7 Å². The summed E-state index contributed by atoms with van der Waals surface area (Å²) in [5.74, 6) is 1.08. The minimum atomic E-state index is -0.425. The normalized spacial score (nSPS) is 11.6. The second-order valence-electron chi connectivity index (χ2n) is 5.31. The average molecular weight is 450 g/mol. The Morgan fingerprint density at radius 3 is 2.70 bits per heavy atom. The first-order valence-corrected chi connectivity index (χ1v) is 9.95. The zero-order chi connectivity index (χ0) is 19.6. The first-order valence-electron chi connectivity index (χ1n) is 8.17. The van der Waals surface area contributed by atoms with Crippen LogP contribution >= 0.6 is 27.7 Å². The van der Waals surface area contributed by atoms with Crippen LogP contribution in [0.4, 0.5) is 0 Å². The van der Waals surface area contributed by atoms with Crippen molar-refractivity contribution in [1.29, 1.82) is 0 Å². The van der Waals surface area contributed by atoms with Gasteiger partial charge in [0.1, 0.15) is 0 Å². The van der Waals surface area contributed by atoms with Crippen molar-refractivity contribution in [1.82, 2.24) is 0 Å². The van der Waals surface area contributed by atoms with E-state index in [1.54, 1.807) is 18.3 Å². The Labute approximate surface area is 171 Å². The first kappa shape index (κ1) is 21.0. The van der Waals surface area contributed by atoms with Crippen LogP contribution in [0.2, 0.25) is 0 Å². The lowest BCUT2D eigenvalue weighted by Gasteiger charge is -2.12. The number of amidine groups is 1. The van der Waals surface area contributed by atoms with Gasteiger partial charge in [-0.2, -0.15) is 5.10 Å². The Kier molecular flexibility index (Phi) is 8.35.